The summed E-state index contributed by atoms with van der Waals surface area (Å²) in [6.45, 7) is 2.35. The van der Waals surface area contributed by atoms with E-state index in [0.29, 0.717) is 22.3 Å². The van der Waals surface area contributed by atoms with Crippen LogP contribution in [0.4, 0.5) is 0 Å². The first-order valence-corrected chi connectivity index (χ1v) is 12.4. The summed E-state index contributed by atoms with van der Waals surface area (Å²) < 4.78 is 10.7. The molecule has 2 aromatic rings. The van der Waals surface area contributed by atoms with E-state index < -0.39 is 23.7 Å². The molecule has 2 aromatic carbocycles. The van der Waals surface area contributed by atoms with Crippen LogP contribution in [0, 0.1) is 24.2 Å². The number of aryl methyl sites for hydroxylation is 1. The van der Waals surface area contributed by atoms with E-state index in [1.165, 1.54) is 14.2 Å². The van der Waals surface area contributed by atoms with Gasteiger partial charge in [-0.1, -0.05) is 47.7 Å². The van der Waals surface area contributed by atoms with Crippen molar-refractivity contribution in [1.29, 1.82) is 5.26 Å². The molecule has 0 bridgehead atoms. The van der Waals surface area contributed by atoms with Crippen molar-refractivity contribution in [2.75, 3.05) is 20.0 Å². The molecule has 1 aliphatic heterocycles. The second-order valence-electron chi connectivity index (χ2n) is 7.77. The Labute approximate surface area is 216 Å². The Morgan fingerprint density at radius 3 is 2.51 bits per heavy atom. The van der Waals surface area contributed by atoms with E-state index in [1.807, 2.05) is 31.2 Å². The van der Waals surface area contributed by atoms with Crippen molar-refractivity contribution in [3.63, 3.8) is 0 Å². The van der Waals surface area contributed by atoms with Crippen LogP contribution in [0.25, 0.3) is 0 Å². The summed E-state index contributed by atoms with van der Waals surface area (Å²) >= 11 is 4.45. The molecule has 182 valence electrons. The number of nitrogens with one attached hydrogen (secondary N) is 2. The van der Waals surface area contributed by atoms with Crippen LogP contribution in [-0.4, -0.2) is 37.8 Å². The number of carbonyl (C=O) groups excluding carboxylic acids is 3. The first kappa shape index (κ1) is 26.3. The third kappa shape index (κ3) is 6.24. The van der Waals surface area contributed by atoms with E-state index in [4.69, 9.17) is 9.47 Å². The summed E-state index contributed by atoms with van der Waals surface area (Å²) in [6, 6.07) is 15.0. The van der Waals surface area contributed by atoms with Crippen molar-refractivity contribution in [1.82, 2.24) is 10.6 Å². The van der Waals surface area contributed by atoms with E-state index in [0.717, 1.165) is 22.9 Å². The lowest BCUT2D eigenvalue weighted by Crippen LogP contribution is -2.44. The van der Waals surface area contributed by atoms with Gasteiger partial charge in [0.15, 0.2) is 0 Å². The minimum absolute atomic E-state index is 0.0193. The summed E-state index contributed by atoms with van der Waals surface area (Å²) in [7, 11) is 2.71. The maximum Gasteiger partial charge on any atom is 0.319 e. The molecule has 0 saturated heterocycles. The Morgan fingerprint density at radius 1 is 1.20 bits per heavy atom. The standard InChI is InChI=1S/C25H24BrN3O5S/c1-14-4-6-15(7-5-14)12-28-20(30)13-35-24-17(11-27)21(22(23(31)29-24)25(32)34-3)16-8-9-19(33-2)18(26)10-16/h4-10,21-22H,12-13H2,1-3H3,(H,28,30)(H,29,31)/t21-,22-/m1/s1. The van der Waals surface area contributed by atoms with E-state index in [2.05, 4.69) is 32.6 Å². The van der Waals surface area contributed by atoms with Crippen LogP contribution in [0.2, 0.25) is 0 Å². The van der Waals surface area contributed by atoms with Gasteiger partial charge in [0.05, 0.1) is 41.1 Å². The van der Waals surface area contributed by atoms with Gasteiger partial charge in [0.2, 0.25) is 11.8 Å². The van der Waals surface area contributed by atoms with Crippen LogP contribution in [0.3, 0.4) is 0 Å². The molecule has 0 unspecified atom stereocenters. The molecule has 10 heteroatoms. The number of esters is 1. The van der Waals surface area contributed by atoms with Crippen molar-refractivity contribution >= 4 is 45.5 Å². The number of rotatable bonds is 8. The summed E-state index contributed by atoms with van der Waals surface area (Å²) in [6.07, 6.45) is 0. The van der Waals surface area contributed by atoms with Crippen LogP contribution < -0.4 is 15.4 Å². The fraction of sp³-hybridized carbons (Fsp3) is 0.280. The molecule has 0 aromatic heterocycles. The normalized spacial score (nSPS) is 17.3. The van der Waals surface area contributed by atoms with Crippen molar-refractivity contribution in [2.45, 2.75) is 19.4 Å². The number of thioether (sulfide) groups is 1. The van der Waals surface area contributed by atoms with Crippen LogP contribution in [0.1, 0.15) is 22.6 Å². The van der Waals surface area contributed by atoms with Gasteiger partial charge in [-0.15, -0.1) is 0 Å². The second kappa shape index (κ2) is 11.9. The number of hydrogen-bond donors (Lipinski definition) is 2. The van der Waals surface area contributed by atoms with E-state index in [1.54, 1.807) is 18.2 Å². The molecule has 0 radical (unpaired) electrons. The van der Waals surface area contributed by atoms with Crippen molar-refractivity contribution in [3.8, 4) is 11.8 Å². The van der Waals surface area contributed by atoms with Gasteiger partial charge in [0.1, 0.15) is 11.7 Å². The first-order valence-electron chi connectivity index (χ1n) is 10.6. The van der Waals surface area contributed by atoms with Gasteiger partial charge in [0, 0.05) is 12.5 Å². The highest BCUT2D eigenvalue weighted by Crippen LogP contribution is 2.42. The molecule has 8 nitrogen and oxygen atoms in total. The molecule has 0 fully saturated rings. The molecule has 0 saturated carbocycles. The summed E-state index contributed by atoms with van der Waals surface area (Å²) in [5.74, 6) is -3.22. The van der Waals surface area contributed by atoms with E-state index in [-0.39, 0.29) is 22.3 Å². The zero-order valence-corrected chi connectivity index (χ0v) is 21.8. The highest BCUT2D eigenvalue weighted by molar-refractivity contribution is 9.10. The minimum atomic E-state index is -1.25. The number of halogens is 1. The quantitative estimate of drug-likeness (QED) is 0.376. The molecular weight excluding hydrogens is 534 g/mol. The van der Waals surface area contributed by atoms with Crippen LogP contribution in [0.15, 0.2) is 57.5 Å². The summed E-state index contributed by atoms with van der Waals surface area (Å²) in [4.78, 5) is 37.9. The molecule has 3 rings (SSSR count). The van der Waals surface area contributed by atoms with E-state index in [9.17, 15) is 19.6 Å². The maximum atomic E-state index is 12.9. The van der Waals surface area contributed by atoms with Gasteiger partial charge in [-0.2, -0.15) is 5.26 Å². The number of methoxy groups -OCH3 is 2. The number of carbonyl (C=O) groups is 3. The lowest BCUT2D eigenvalue weighted by Gasteiger charge is -2.31. The largest absolute Gasteiger partial charge is 0.496 e. The van der Waals surface area contributed by atoms with Crippen LogP contribution in [0.5, 0.6) is 5.75 Å². The van der Waals surface area contributed by atoms with Crippen molar-refractivity contribution < 1.29 is 23.9 Å². The Kier molecular flexibility index (Phi) is 8.95. The predicted molar refractivity (Wildman–Crippen MR) is 135 cm³/mol. The zero-order valence-electron chi connectivity index (χ0n) is 19.4. The number of ether oxygens (including phenoxy) is 2. The average Bonchev–Trinajstić information content (AvgIpc) is 2.86. The molecule has 35 heavy (non-hydrogen) atoms. The van der Waals surface area contributed by atoms with Gasteiger partial charge < -0.3 is 20.1 Å². The molecule has 1 aliphatic rings. The zero-order chi connectivity index (χ0) is 25.5. The average molecular weight is 558 g/mol. The van der Waals surface area contributed by atoms with Gasteiger partial charge >= 0.3 is 5.97 Å². The minimum Gasteiger partial charge on any atom is -0.496 e. The fourth-order valence-electron chi connectivity index (χ4n) is 3.65. The van der Waals surface area contributed by atoms with Gasteiger partial charge in [-0.3, -0.25) is 14.4 Å². The topological polar surface area (TPSA) is 118 Å². The van der Waals surface area contributed by atoms with E-state index >= 15 is 0 Å². The number of nitrogens with zero attached hydrogens (tertiary/aromatic N) is 1. The molecule has 2 N–H and O–H groups in total. The highest BCUT2D eigenvalue weighted by atomic mass is 79.9. The number of allylic oxidation sites excluding steroid dienone is 1. The molecule has 2 amide bonds. The number of nitriles is 1. The van der Waals surface area contributed by atoms with Gasteiger partial charge in [-0.25, -0.2) is 0 Å². The van der Waals surface area contributed by atoms with Crippen LogP contribution in [-0.2, 0) is 25.7 Å². The number of hydrogen-bond acceptors (Lipinski definition) is 7. The molecule has 0 aliphatic carbocycles. The lowest BCUT2D eigenvalue weighted by molar-refractivity contribution is -0.150. The molecular formula is C25H24BrN3O5S. The predicted octanol–water partition coefficient (Wildman–Crippen LogP) is 3.55. The monoisotopic (exact) mass is 557 g/mol. The Balaban J connectivity index is 1.85. The molecule has 1 heterocycles. The fourth-order valence-corrected chi connectivity index (χ4v) is 5.09. The Hall–Kier alpha value is -3.29. The van der Waals surface area contributed by atoms with Crippen molar-refractivity contribution in [3.05, 3.63) is 74.2 Å². The highest BCUT2D eigenvalue weighted by Gasteiger charge is 2.44. The third-order valence-electron chi connectivity index (χ3n) is 5.48. The first-order chi connectivity index (χ1) is 16.8. The summed E-state index contributed by atoms with van der Waals surface area (Å²) in [5, 5.41) is 15.7. The Morgan fingerprint density at radius 2 is 1.91 bits per heavy atom. The van der Waals surface area contributed by atoms with Gasteiger partial charge in [-0.05, 0) is 46.1 Å². The molecule has 2 atom stereocenters. The summed E-state index contributed by atoms with van der Waals surface area (Å²) in [5.41, 5.74) is 2.82. The smallest absolute Gasteiger partial charge is 0.319 e. The Bertz CT molecular complexity index is 1210. The van der Waals surface area contributed by atoms with Crippen LogP contribution >= 0.6 is 27.7 Å². The number of amides is 2. The van der Waals surface area contributed by atoms with Crippen molar-refractivity contribution in [2.24, 2.45) is 5.92 Å². The number of benzene rings is 2. The molecule has 0 spiro atoms. The second-order valence-corrected chi connectivity index (χ2v) is 9.61. The third-order valence-corrected chi connectivity index (χ3v) is 7.11. The van der Waals surface area contributed by atoms with Gasteiger partial charge in [0.25, 0.3) is 0 Å². The lowest BCUT2D eigenvalue weighted by atomic mass is 9.78. The SMILES string of the molecule is COC(=O)[C@H]1C(=O)NC(SCC(=O)NCc2ccc(C)cc2)=C(C#N)[C@H]1c1ccc(OC)c(Br)c1. The maximum absolute atomic E-state index is 12.9.